The first kappa shape index (κ1) is 16.3. The van der Waals surface area contributed by atoms with E-state index in [9.17, 15) is 9.59 Å². The minimum Gasteiger partial charge on any atom is -0.449 e. The van der Waals surface area contributed by atoms with Crippen molar-refractivity contribution in [3.8, 4) is 6.07 Å². The van der Waals surface area contributed by atoms with Gasteiger partial charge in [-0.25, -0.2) is 4.79 Å². The molecule has 0 aliphatic heterocycles. The Hall–Kier alpha value is -3.59. The fourth-order valence-corrected chi connectivity index (χ4v) is 2.23. The Morgan fingerprint density at radius 2 is 1.88 bits per heavy atom. The Morgan fingerprint density at radius 1 is 1.16 bits per heavy atom. The zero-order valence-electron chi connectivity index (χ0n) is 13.4. The number of para-hydroxylation sites is 1. The normalized spacial score (nSPS) is 11.5. The first-order chi connectivity index (χ1) is 12.1. The Labute approximate surface area is 143 Å². The maximum atomic E-state index is 12.1. The predicted molar refractivity (Wildman–Crippen MR) is 90.9 cm³/mol. The molecule has 0 saturated carbocycles. The molecule has 0 unspecified atom stereocenters. The average molecular weight is 334 g/mol. The molecule has 3 aromatic rings. The van der Waals surface area contributed by atoms with E-state index in [0.717, 1.165) is 5.39 Å². The average Bonchev–Trinajstić information content (AvgIpc) is 3.06. The smallest absolute Gasteiger partial charge is 0.375 e. The van der Waals surface area contributed by atoms with Gasteiger partial charge in [-0.15, -0.1) is 0 Å². The third-order valence-electron chi connectivity index (χ3n) is 3.56. The number of carbonyl (C=O) groups excluding carboxylic acids is 2. The molecule has 0 radical (unpaired) electrons. The number of hydrogen-bond acceptors (Lipinski definition) is 5. The highest BCUT2D eigenvalue weighted by atomic mass is 16.6. The predicted octanol–water partition coefficient (Wildman–Crippen LogP) is 3.49. The number of benzene rings is 2. The molecular weight excluding hydrogens is 320 g/mol. The molecule has 1 heterocycles. The number of rotatable bonds is 4. The summed E-state index contributed by atoms with van der Waals surface area (Å²) in [6.07, 6.45) is -1.00. The van der Waals surface area contributed by atoms with Crippen LogP contribution in [0.15, 0.2) is 59.0 Å². The summed E-state index contributed by atoms with van der Waals surface area (Å²) in [7, 11) is 0. The van der Waals surface area contributed by atoms with E-state index in [4.69, 9.17) is 14.4 Å². The van der Waals surface area contributed by atoms with Crippen LogP contribution in [-0.2, 0) is 9.53 Å². The van der Waals surface area contributed by atoms with E-state index in [2.05, 4.69) is 5.32 Å². The summed E-state index contributed by atoms with van der Waals surface area (Å²) in [4.78, 5) is 24.3. The first-order valence-corrected chi connectivity index (χ1v) is 7.57. The highest BCUT2D eigenvalue weighted by Gasteiger charge is 2.21. The number of fused-ring (bicyclic) bond motifs is 1. The molecule has 3 rings (SSSR count). The number of carbonyl (C=O) groups is 2. The largest absolute Gasteiger partial charge is 0.449 e. The van der Waals surface area contributed by atoms with Crippen molar-refractivity contribution in [2.45, 2.75) is 13.0 Å². The van der Waals surface area contributed by atoms with Gasteiger partial charge in [-0.1, -0.05) is 18.2 Å². The van der Waals surface area contributed by atoms with E-state index in [1.807, 2.05) is 18.2 Å². The van der Waals surface area contributed by atoms with Gasteiger partial charge in [0.1, 0.15) is 5.58 Å². The van der Waals surface area contributed by atoms with Crippen LogP contribution in [0.25, 0.3) is 11.0 Å². The van der Waals surface area contributed by atoms with Gasteiger partial charge in [-0.2, -0.15) is 5.26 Å². The lowest BCUT2D eigenvalue weighted by molar-refractivity contribution is -0.123. The highest BCUT2D eigenvalue weighted by Crippen LogP contribution is 2.20. The Kier molecular flexibility index (Phi) is 4.48. The molecule has 1 amide bonds. The highest BCUT2D eigenvalue weighted by molar-refractivity contribution is 5.98. The molecular formula is C19H14N2O4. The maximum Gasteiger partial charge on any atom is 0.375 e. The summed E-state index contributed by atoms with van der Waals surface area (Å²) in [6.45, 7) is 1.47. The van der Waals surface area contributed by atoms with Gasteiger partial charge in [0.2, 0.25) is 5.76 Å². The van der Waals surface area contributed by atoms with Crippen LogP contribution in [-0.4, -0.2) is 18.0 Å². The van der Waals surface area contributed by atoms with E-state index in [1.165, 1.54) is 6.92 Å². The fraction of sp³-hybridized carbons (Fsp3) is 0.105. The molecule has 25 heavy (non-hydrogen) atoms. The van der Waals surface area contributed by atoms with Gasteiger partial charge >= 0.3 is 5.97 Å². The van der Waals surface area contributed by atoms with Crippen molar-refractivity contribution in [3.63, 3.8) is 0 Å². The zero-order valence-corrected chi connectivity index (χ0v) is 13.4. The summed E-state index contributed by atoms with van der Waals surface area (Å²) in [5.41, 5.74) is 1.57. The molecule has 0 aliphatic carbocycles. The van der Waals surface area contributed by atoms with Crippen molar-refractivity contribution >= 4 is 28.5 Å². The summed E-state index contributed by atoms with van der Waals surface area (Å²) >= 11 is 0. The van der Waals surface area contributed by atoms with Gasteiger partial charge in [-0.05, 0) is 43.3 Å². The number of nitrogens with zero attached hydrogens (tertiary/aromatic N) is 1. The molecule has 2 aromatic carbocycles. The van der Waals surface area contributed by atoms with Crippen LogP contribution in [0.5, 0.6) is 0 Å². The number of hydrogen-bond donors (Lipinski definition) is 1. The standard InChI is InChI=1S/C19H14N2O4/c1-12(18(22)21-15-8-6-13(11-20)7-9-15)24-19(23)17-10-14-4-2-3-5-16(14)25-17/h2-10,12H,1H3,(H,21,22)/t12-/m0/s1. The number of amides is 1. The number of esters is 1. The van der Waals surface area contributed by atoms with E-state index in [1.54, 1.807) is 42.5 Å². The van der Waals surface area contributed by atoms with Gasteiger partial charge in [0.25, 0.3) is 5.91 Å². The third-order valence-corrected chi connectivity index (χ3v) is 3.56. The van der Waals surface area contributed by atoms with Crippen molar-refractivity contribution in [3.05, 3.63) is 65.9 Å². The van der Waals surface area contributed by atoms with E-state index in [-0.39, 0.29) is 5.76 Å². The SMILES string of the molecule is C[C@H](OC(=O)c1cc2ccccc2o1)C(=O)Nc1ccc(C#N)cc1. The molecule has 6 heteroatoms. The minimum absolute atomic E-state index is 0.0409. The summed E-state index contributed by atoms with van der Waals surface area (Å²) in [5, 5.41) is 12.2. The van der Waals surface area contributed by atoms with Crippen molar-refractivity contribution in [1.82, 2.24) is 0 Å². The summed E-state index contributed by atoms with van der Waals surface area (Å²) < 4.78 is 10.6. The van der Waals surface area contributed by atoms with Crippen LogP contribution in [0.3, 0.4) is 0 Å². The minimum atomic E-state index is -1.00. The van der Waals surface area contributed by atoms with Crippen molar-refractivity contribution in [1.29, 1.82) is 5.26 Å². The second-order valence-electron chi connectivity index (χ2n) is 5.37. The lowest BCUT2D eigenvalue weighted by Gasteiger charge is -2.12. The first-order valence-electron chi connectivity index (χ1n) is 7.57. The lowest BCUT2D eigenvalue weighted by atomic mass is 10.2. The van der Waals surface area contributed by atoms with Gasteiger partial charge < -0.3 is 14.5 Å². The zero-order chi connectivity index (χ0) is 17.8. The molecule has 0 bridgehead atoms. The molecule has 1 N–H and O–H groups in total. The quantitative estimate of drug-likeness (QED) is 0.737. The Balaban J connectivity index is 1.63. The molecule has 1 atom stereocenters. The Bertz CT molecular complexity index is 934. The second kappa shape index (κ2) is 6.89. The van der Waals surface area contributed by atoms with Crippen LogP contribution in [0.1, 0.15) is 23.0 Å². The number of nitriles is 1. The second-order valence-corrected chi connectivity index (χ2v) is 5.37. The van der Waals surface area contributed by atoms with Crippen LogP contribution < -0.4 is 5.32 Å². The van der Waals surface area contributed by atoms with Gasteiger partial charge in [0.15, 0.2) is 6.10 Å². The number of ether oxygens (including phenoxy) is 1. The van der Waals surface area contributed by atoms with Crippen molar-refractivity contribution < 1.29 is 18.7 Å². The van der Waals surface area contributed by atoms with E-state index < -0.39 is 18.0 Å². The van der Waals surface area contributed by atoms with Gasteiger partial charge in [0.05, 0.1) is 11.6 Å². The number of anilines is 1. The number of furan rings is 1. The fourth-order valence-electron chi connectivity index (χ4n) is 2.23. The molecule has 0 fully saturated rings. The summed E-state index contributed by atoms with van der Waals surface area (Å²) in [5.74, 6) is -1.15. The maximum absolute atomic E-state index is 12.1. The monoisotopic (exact) mass is 334 g/mol. The van der Waals surface area contributed by atoms with Crippen molar-refractivity contribution in [2.75, 3.05) is 5.32 Å². The topological polar surface area (TPSA) is 92.3 Å². The van der Waals surface area contributed by atoms with E-state index >= 15 is 0 Å². The Morgan fingerprint density at radius 3 is 2.56 bits per heavy atom. The van der Waals surface area contributed by atoms with Gasteiger partial charge in [0, 0.05) is 11.1 Å². The lowest BCUT2D eigenvalue weighted by Crippen LogP contribution is -2.29. The van der Waals surface area contributed by atoms with Crippen LogP contribution in [0, 0.1) is 11.3 Å². The molecule has 0 spiro atoms. The van der Waals surface area contributed by atoms with Gasteiger partial charge in [-0.3, -0.25) is 4.79 Å². The third kappa shape index (κ3) is 3.67. The molecule has 0 aliphatic rings. The molecule has 6 nitrogen and oxygen atoms in total. The van der Waals surface area contributed by atoms with Crippen LogP contribution in [0.4, 0.5) is 5.69 Å². The van der Waals surface area contributed by atoms with Crippen LogP contribution >= 0.6 is 0 Å². The summed E-state index contributed by atoms with van der Waals surface area (Å²) in [6, 6.07) is 17.1. The van der Waals surface area contributed by atoms with Crippen molar-refractivity contribution in [2.24, 2.45) is 0 Å². The van der Waals surface area contributed by atoms with Crippen LogP contribution in [0.2, 0.25) is 0 Å². The molecule has 0 saturated heterocycles. The molecule has 124 valence electrons. The van der Waals surface area contributed by atoms with E-state index in [0.29, 0.717) is 16.8 Å². The molecule has 1 aromatic heterocycles. The number of nitrogens with one attached hydrogen (secondary N) is 1.